The molecule has 0 aromatic heterocycles. The van der Waals surface area contributed by atoms with E-state index in [9.17, 15) is 23.2 Å². The summed E-state index contributed by atoms with van der Waals surface area (Å²) in [4.78, 5) is 12.6. The number of nitrogen functional groups attached to an aromatic ring is 1. The summed E-state index contributed by atoms with van der Waals surface area (Å²) in [7, 11) is 0. The lowest BCUT2D eigenvalue weighted by Gasteiger charge is -2.14. The van der Waals surface area contributed by atoms with Gasteiger partial charge in [0.05, 0.1) is 11.6 Å². The molecule has 3 nitrogen and oxygen atoms in total. The highest BCUT2D eigenvalue weighted by atomic mass is 35.5. The third-order valence-corrected chi connectivity index (χ3v) is 4.58. The van der Waals surface area contributed by atoms with Crippen molar-refractivity contribution in [3.05, 3.63) is 63.7 Å². The standard InChI is InChI=1S/C17H12ClF3N2OS/c1-25-14(8-22)12-6-11(18)7-13(15(12)23)16(24)9-2-4-10(5-3-9)17(19,20)21/h2-7,14H,23H2,1H3. The van der Waals surface area contributed by atoms with E-state index in [1.54, 1.807) is 6.26 Å². The molecule has 0 aliphatic carbocycles. The second-order valence-corrected chi connectivity index (χ2v) is 6.48. The van der Waals surface area contributed by atoms with Crippen LogP contribution >= 0.6 is 23.4 Å². The molecule has 0 bridgehead atoms. The molecule has 0 fully saturated rings. The summed E-state index contributed by atoms with van der Waals surface area (Å²) in [6.45, 7) is 0. The van der Waals surface area contributed by atoms with Gasteiger partial charge >= 0.3 is 6.18 Å². The van der Waals surface area contributed by atoms with Crippen LogP contribution in [0.5, 0.6) is 0 Å². The molecule has 2 aromatic rings. The lowest BCUT2D eigenvalue weighted by atomic mass is 9.97. The van der Waals surface area contributed by atoms with Gasteiger partial charge in [0, 0.05) is 27.4 Å². The van der Waals surface area contributed by atoms with Crippen molar-refractivity contribution in [2.24, 2.45) is 0 Å². The number of nitrogens with zero attached hydrogens (tertiary/aromatic N) is 1. The van der Waals surface area contributed by atoms with Gasteiger partial charge in [-0.05, 0) is 30.5 Å². The van der Waals surface area contributed by atoms with E-state index in [1.165, 1.54) is 23.9 Å². The summed E-state index contributed by atoms with van der Waals surface area (Å²) in [5.74, 6) is -0.562. The van der Waals surface area contributed by atoms with Gasteiger partial charge in [-0.3, -0.25) is 4.79 Å². The zero-order valence-corrected chi connectivity index (χ0v) is 14.5. The SMILES string of the molecule is CSC(C#N)c1cc(Cl)cc(C(=O)c2ccc(C(F)(F)F)cc2)c1N. The Kier molecular flexibility index (Phi) is 5.65. The molecular weight excluding hydrogens is 373 g/mol. The molecule has 0 saturated carbocycles. The van der Waals surface area contributed by atoms with Crippen LogP contribution in [0.2, 0.25) is 5.02 Å². The predicted molar refractivity (Wildman–Crippen MR) is 92.6 cm³/mol. The first-order valence-corrected chi connectivity index (χ1v) is 8.59. The lowest BCUT2D eigenvalue weighted by Crippen LogP contribution is -2.10. The van der Waals surface area contributed by atoms with Crippen LogP contribution < -0.4 is 5.73 Å². The van der Waals surface area contributed by atoms with Gasteiger partial charge in [0.1, 0.15) is 5.25 Å². The van der Waals surface area contributed by atoms with Crippen LogP contribution in [0.15, 0.2) is 36.4 Å². The summed E-state index contributed by atoms with van der Waals surface area (Å²) in [5.41, 5.74) is 5.76. The second-order valence-electron chi connectivity index (χ2n) is 5.11. The molecule has 0 saturated heterocycles. The normalized spacial score (nSPS) is 12.5. The van der Waals surface area contributed by atoms with E-state index in [4.69, 9.17) is 17.3 Å². The van der Waals surface area contributed by atoms with Crippen molar-refractivity contribution in [1.82, 2.24) is 0 Å². The zero-order chi connectivity index (χ0) is 18.8. The zero-order valence-electron chi connectivity index (χ0n) is 12.9. The van der Waals surface area contributed by atoms with Gasteiger partial charge in [0.15, 0.2) is 5.78 Å². The highest BCUT2D eigenvalue weighted by Crippen LogP contribution is 2.36. The molecule has 130 valence electrons. The number of anilines is 1. The Balaban J connectivity index is 2.48. The van der Waals surface area contributed by atoms with Gasteiger partial charge in [0.25, 0.3) is 0 Å². The van der Waals surface area contributed by atoms with Crippen molar-refractivity contribution in [3.8, 4) is 6.07 Å². The number of hydrogen-bond acceptors (Lipinski definition) is 4. The van der Waals surface area contributed by atoms with Crippen molar-refractivity contribution < 1.29 is 18.0 Å². The van der Waals surface area contributed by atoms with Crippen molar-refractivity contribution in [2.75, 3.05) is 12.0 Å². The summed E-state index contributed by atoms with van der Waals surface area (Å²) in [6.07, 6.45) is -2.77. The number of nitrogens with two attached hydrogens (primary N) is 1. The van der Waals surface area contributed by atoms with Gasteiger partial charge in [-0.15, -0.1) is 11.8 Å². The predicted octanol–water partition coefficient (Wildman–Crippen LogP) is 5.10. The van der Waals surface area contributed by atoms with E-state index < -0.39 is 22.8 Å². The quantitative estimate of drug-likeness (QED) is 0.588. The Morgan fingerprint density at radius 2 is 1.88 bits per heavy atom. The van der Waals surface area contributed by atoms with Crippen molar-refractivity contribution >= 4 is 34.8 Å². The number of carbonyl (C=O) groups excluding carboxylic acids is 1. The number of alkyl halides is 3. The van der Waals surface area contributed by atoms with Crippen LogP contribution in [0.25, 0.3) is 0 Å². The van der Waals surface area contributed by atoms with E-state index in [-0.39, 0.29) is 21.8 Å². The molecule has 0 amide bonds. The number of benzene rings is 2. The molecule has 0 heterocycles. The average Bonchev–Trinajstić information content (AvgIpc) is 2.57. The third kappa shape index (κ3) is 4.09. The topological polar surface area (TPSA) is 66.9 Å². The van der Waals surface area contributed by atoms with Crippen LogP contribution in [-0.4, -0.2) is 12.0 Å². The maximum atomic E-state index is 12.6. The summed E-state index contributed by atoms with van der Waals surface area (Å²) in [5, 5.41) is 8.79. The average molecular weight is 385 g/mol. The van der Waals surface area contributed by atoms with E-state index in [2.05, 4.69) is 6.07 Å². The van der Waals surface area contributed by atoms with Crippen LogP contribution in [0.3, 0.4) is 0 Å². The highest BCUT2D eigenvalue weighted by Gasteiger charge is 2.30. The first-order chi connectivity index (χ1) is 11.7. The molecule has 0 aliphatic heterocycles. The molecule has 2 rings (SSSR count). The molecule has 1 atom stereocenters. The minimum atomic E-state index is -4.48. The van der Waals surface area contributed by atoms with Gasteiger partial charge in [-0.25, -0.2) is 0 Å². The Labute approximate surface area is 151 Å². The van der Waals surface area contributed by atoms with Crippen molar-refractivity contribution in [1.29, 1.82) is 5.26 Å². The molecule has 2 aromatic carbocycles. The molecular formula is C17H12ClF3N2OS. The Hall–Kier alpha value is -2.17. The van der Waals surface area contributed by atoms with E-state index in [1.807, 2.05) is 0 Å². The van der Waals surface area contributed by atoms with Crippen LogP contribution in [0, 0.1) is 11.3 Å². The van der Waals surface area contributed by atoms with E-state index in [0.29, 0.717) is 5.56 Å². The fourth-order valence-electron chi connectivity index (χ4n) is 2.26. The summed E-state index contributed by atoms with van der Waals surface area (Å²) < 4.78 is 37.9. The number of rotatable bonds is 4. The minimum Gasteiger partial charge on any atom is -0.398 e. The second kappa shape index (κ2) is 7.38. The van der Waals surface area contributed by atoms with Gasteiger partial charge in [0.2, 0.25) is 0 Å². The number of halogens is 4. The monoisotopic (exact) mass is 384 g/mol. The summed E-state index contributed by atoms with van der Waals surface area (Å²) >= 11 is 7.25. The molecule has 8 heteroatoms. The molecule has 0 radical (unpaired) electrons. The van der Waals surface area contributed by atoms with Crippen LogP contribution in [0.1, 0.15) is 32.3 Å². The maximum absolute atomic E-state index is 12.6. The van der Waals surface area contributed by atoms with Crippen LogP contribution in [-0.2, 0) is 6.18 Å². The van der Waals surface area contributed by atoms with Gasteiger partial charge < -0.3 is 5.73 Å². The van der Waals surface area contributed by atoms with Crippen LogP contribution in [0.4, 0.5) is 18.9 Å². The first kappa shape index (κ1) is 19.2. The third-order valence-electron chi connectivity index (χ3n) is 3.53. The number of carbonyl (C=O) groups is 1. The Bertz CT molecular complexity index is 845. The maximum Gasteiger partial charge on any atom is 0.416 e. The number of thioether (sulfide) groups is 1. The molecule has 0 aliphatic rings. The summed E-state index contributed by atoms with van der Waals surface area (Å²) in [6, 6.07) is 8.73. The largest absolute Gasteiger partial charge is 0.416 e. The highest BCUT2D eigenvalue weighted by molar-refractivity contribution is 7.99. The van der Waals surface area contributed by atoms with E-state index in [0.717, 1.165) is 24.3 Å². The molecule has 2 N–H and O–H groups in total. The molecule has 1 unspecified atom stereocenters. The number of hydrogen-bond donors (Lipinski definition) is 1. The van der Waals surface area contributed by atoms with Crippen molar-refractivity contribution in [3.63, 3.8) is 0 Å². The molecule has 0 spiro atoms. The van der Waals surface area contributed by atoms with Crippen molar-refractivity contribution in [2.45, 2.75) is 11.4 Å². The smallest absolute Gasteiger partial charge is 0.398 e. The Morgan fingerprint density at radius 1 is 1.28 bits per heavy atom. The van der Waals surface area contributed by atoms with Gasteiger partial charge in [-0.2, -0.15) is 18.4 Å². The fourth-order valence-corrected chi connectivity index (χ4v) is 3.04. The molecule has 25 heavy (non-hydrogen) atoms. The number of ketones is 1. The number of nitriles is 1. The first-order valence-electron chi connectivity index (χ1n) is 6.92. The van der Waals surface area contributed by atoms with E-state index >= 15 is 0 Å². The Morgan fingerprint density at radius 3 is 2.36 bits per heavy atom. The lowest BCUT2D eigenvalue weighted by molar-refractivity contribution is -0.137. The fraction of sp³-hybridized carbons (Fsp3) is 0.176. The minimum absolute atomic E-state index is 0.0468. The van der Waals surface area contributed by atoms with Gasteiger partial charge in [-0.1, -0.05) is 23.7 Å².